The number of ether oxygens (including phenoxy) is 1. The largest absolute Gasteiger partial charge is 0.491 e. The van der Waals surface area contributed by atoms with Gasteiger partial charge in [-0.05, 0) is 44.9 Å². The van der Waals surface area contributed by atoms with Crippen molar-refractivity contribution in [2.45, 2.75) is 39.2 Å². The Morgan fingerprint density at radius 3 is 3.00 bits per heavy atom. The van der Waals surface area contributed by atoms with E-state index < -0.39 is 0 Å². The minimum Gasteiger partial charge on any atom is -0.491 e. The van der Waals surface area contributed by atoms with Crippen LogP contribution in [-0.4, -0.2) is 25.1 Å². The van der Waals surface area contributed by atoms with E-state index in [0.29, 0.717) is 12.6 Å². The van der Waals surface area contributed by atoms with Gasteiger partial charge in [0, 0.05) is 12.0 Å². The van der Waals surface area contributed by atoms with Gasteiger partial charge in [0.15, 0.2) is 0 Å². The van der Waals surface area contributed by atoms with Crippen molar-refractivity contribution in [2.24, 2.45) is 5.92 Å². The molecule has 1 heterocycles. The predicted molar refractivity (Wildman–Crippen MR) is 81.0 cm³/mol. The fourth-order valence-corrected chi connectivity index (χ4v) is 2.51. The number of anilines is 1. The summed E-state index contributed by atoms with van der Waals surface area (Å²) in [6.07, 6.45) is 2.74. The molecule has 20 heavy (non-hydrogen) atoms. The zero-order valence-corrected chi connectivity index (χ0v) is 12.3. The number of hydrogen-bond donors (Lipinski definition) is 2. The van der Waals surface area contributed by atoms with Gasteiger partial charge >= 0.3 is 0 Å². The second kappa shape index (κ2) is 7.29. The molecule has 0 aromatic heterocycles. The molecule has 2 rings (SSSR count). The minimum atomic E-state index is 0.0884. The van der Waals surface area contributed by atoms with Crippen molar-refractivity contribution in [1.82, 2.24) is 5.32 Å². The first kappa shape index (κ1) is 14.9. The number of para-hydroxylation sites is 2. The lowest BCUT2D eigenvalue weighted by Crippen LogP contribution is -2.40. The summed E-state index contributed by atoms with van der Waals surface area (Å²) < 4.78 is 5.67. The standard InChI is InChI=1S/C16H24N2O2/c1-3-10-20-15-7-5-4-6-14(15)18-16(19)13-8-9-17-12(2)11-13/h4-7,12-13,17H,3,8-11H2,1-2H3,(H,18,19). The van der Waals surface area contributed by atoms with Crippen LogP contribution < -0.4 is 15.4 Å². The van der Waals surface area contributed by atoms with Crippen LogP contribution in [0.2, 0.25) is 0 Å². The molecule has 1 aromatic rings. The molecule has 1 fully saturated rings. The van der Waals surface area contributed by atoms with E-state index in [9.17, 15) is 4.79 Å². The highest BCUT2D eigenvalue weighted by atomic mass is 16.5. The summed E-state index contributed by atoms with van der Waals surface area (Å²) >= 11 is 0. The first-order valence-corrected chi connectivity index (χ1v) is 7.46. The highest BCUT2D eigenvalue weighted by Crippen LogP contribution is 2.26. The second-order valence-corrected chi connectivity index (χ2v) is 5.41. The molecule has 1 aliphatic rings. The lowest BCUT2D eigenvalue weighted by molar-refractivity contribution is -0.120. The lowest BCUT2D eigenvalue weighted by Gasteiger charge is -2.27. The molecule has 0 radical (unpaired) electrons. The molecule has 2 unspecified atom stereocenters. The van der Waals surface area contributed by atoms with Crippen LogP contribution in [0.1, 0.15) is 33.1 Å². The van der Waals surface area contributed by atoms with Gasteiger partial charge in [0.2, 0.25) is 5.91 Å². The van der Waals surface area contributed by atoms with Crippen LogP contribution in [0.25, 0.3) is 0 Å². The number of rotatable bonds is 5. The van der Waals surface area contributed by atoms with E-state index in [4.69, 9.17) is 4.74 Å². The van der Waals surface area contributed by atoms with Crippen LogP contribution >= 0.6 is 0 Å². The SMILES string of the molecule is CCCOc1ccccc1NC(=O)C1CCNC(C)C1. The summed E-state index contributed by atoms with van der Waals surface area (Å²) in [4.78, 5) is 12.3. The average molecular weight is 276 g/mol. The molecule has 2 atom stereocenters. The van der Waals surface area contributed by atoms with Crippen LogP contribution in [0.3, 0.4) is 0 Å². The molecule has 1 aromatic carbocycles. The van der Waals surface area contributed by atoms with E-state index in [0.717, 1.165) is 37.2 Å². The summed E-state index contributed by atoms with van der Waals surface area (Å²) in [5, 5.41) is 6.38. The van der Waals surface area contributed by atoms with E-state index in [1.54, 1.807) is 0 Å². The van der Waals surface area contributed by atoms with Gasteiger partial charge in [-0.2, -0.15) is 0 Å². The Hall–Kier alpha value is -1.55. The molecule has 0 spiro atoms. The molecular formula is C16H24N2O2. The topological polar surface area (TPSA) is 50.4 Å². The molecule has 0 bridgehead atoms. The zero-order valence-electron chi connectivity index (χ0n) is 12.3. The fourth-order valence-electron chi connectivity index (χ4n) is 2.51. The molecule has 4 nitrogen and oxygen atoms in total. The zero-order chi connectivity index (χ0) is 14.4. The van der Waals surface area contributed by atoms with Gasteiger partial charge in [0.05, 0.1) is 12.3 Å². The van der Waals surface area contributed by atoms with Gasteiger partial charge in [0.25, 0.3) is 0 Å². The Bertz CT molecular complexity index is 448. The summed E-state index contributed by atoms with van der Waals surface area (Å²) in [6, 6.07) is 8.04. The van der Waals surface area contributed by atoms with Gasteiger partial charge in [0.1, 0.15) is 5.75 Å². The number of piperidine rings is 1. The van der Waals surface area contributed by atoms with Crippen molar-refractivity contribution < 1.29 is 9.53 Å². The van der Waals surface area contributed by atoms with E-state index in [1.165, 1.54) is 0 Å². The third-order valence-corrected chi connectivity index (χ3v) is 3.60. The van der Waals surface area contributed by atoms with Crippen LogP contribution in [-0.2, 0) is 4.79 Å². The number of nitrogens with one attached hydrogen (secondary N) is 2. The Morgan fingerprint density at radius 2 is 2.25 bits per heavy atom. The molecule has 110 valence electrons. The van der Waals surface area contributed by atoms with E-state index >= 15 is 0 Å². The Kier molecular flexibility index (Phi) is 5.41. The normalized spacial score (nSPS) is 22.3. The molecule has 1 amide bonds. The number of amides is 1. The van der Waals surface area contributed by atoms with Crippen molar-refractivity contribution in [3.8, 4) is 5.75 Å². The van der Waals surface area contributed by atoms with Crippen molar-refractivity contribution >= 4 is 11.6 Å². The summed E-state index contributed by atoms with van der Waals surface area (Å²) in [6.45, 7) is 5.76. The number of benzene rings is 1. The van der Waals surface area contributed by atoms with Crippen LogP contribution in [0.5, 0.6) is 5.75 Å². The summed E-state index contributed by atoms with van der Waals surface area (Å²) in [5.41, 5.74) is 0.775. The molecule has 1 aliphatic heterocycles. The highest BCUT2D eigenvalue weighted by molar-refractivity contribution is 5.94. The van der Waals surface area contributed by atoms with E-state index in [-0.39, 0.29) is 11.8 Å². The van der Waals surface area contributed by atoms with Crippen molar-refractivity contribution in [3.63, 3.8) is 0 Å². The maximum atomic E-state index is 12.3. The quantitative estimate of drug-likeness (QED) is 0.869. The first-order valence-electron chi connectivity index (χ1n) is 7.46. The van der Waals surface area contributed by atoms with Gasteiger partial charge in [-0.25, -0.2) is 0 Å². The third kappa shape index (κ3) is 3.97. The summed E-state index contributed by atoms with van der Waals surface area (Å²) in [5.74, 6) is 0.945. The predicted octanol–water partition coefficient (Wildman–Crippen LogP) is 2.80. The van der Waals surface area contributed by atoms with Crippen LogP contribution in [0.4, 0.5) is 5.69 Å². The van der Waals surface area contributed by atoms with Crippen molar-refractivity contribution in [3.05, 3.63) is 24.3 Å². The highest BCUT2D eigenvalue weighted by Gasteiger charge is 2.25. The number of carbonyl (C=O) groups excluding carboxylic acids is 1. The first-order chi connectivity index (χ1) is 9.70. The smallest absolute Gasteiger partial charge is 0.227 e. The monoisotopic (exact) mass is 276 g/mol. The lowest BCUT2D eigenvalue weighted by atomic mass is 9.92. The van der Waals surface area contributed by atoms with Crippen molar-refractivity contribution in [2.75, 3.05) is 18.5 Å². The Morgan fingerprint density at radius 1 is 1.45 bits per heavy atom. The number of carbonyl (C=O) groups is 1. The van der Waals surface area contributed by atoms with E-state index in [2.05, 4.69) is 24.5 Å². The van der Waals surface area contributed by atoms with Gasteiger partial charge in [-0.3, -0.25) is 4.79 Å². The molecule has 0 saturated carbocycles. The Labute approximate surface area is 120 Å². The number of hydrogen-bond acceptors (Lipinski definition) is 3. The van der Waals surface area contributed by atoms with E-state index in [1.807, 2.05) is 24.3 Å². The minimum absolute atomic E-state index is 0.0884. The molecular weight excluding hydrogens is 252 g/mol. The molecule has 4 heteroatoms. The van der Waals surface area contributed by atoms with Gasteiger partial charge < -0.3 is 15.4 Å². The fraction of sp³-hybridized carbons (Fsp3) is 0.562. The van der Waals surface area contributed by atoms with Crippen LogP contribution in [0.15, 0.2) is 24.3 Å². The maximum Gasteiger partial charge on any atom is 0.227 e. The molecule has 0 aliphatic carbocycles. The Balaban J connectivity index is 1.99. The molecule has 1 saturated heterocycles. The van der Waals surface area contributed by atoms with Crippen molar-refractivity contribution in [1.29, 1.82) is 0 Å². The van der Waals surface area contributed by atoms with Crippen LogP contribution in [0, 0.1) is 5.92 Å². The second-order valence-electron chi connectivity index (χ2n) is 5.41. The average Bonchev–Trinajstić information content (AvgIpc) is 2.46. The third-order valence-electron chi connectivity index (χ3n) is 3.60. The maximum absolute atomic E-state index is 12.3. The van der Waals surface area contributed by atoms with Gasteiger partial charge in [-0.1, -0.05) is 19.1 Å². The van der Waals surface area contributed by atoms with Gasteiger partial charge in [-0.15, -0.1) is 0 Å². The molecule has 2 N–H and O–H groups in total. The summed E-state index contributed by atoms with van der Waals surface area (Å²) in [7, 11) is 0.